The van der Waals surface area contributed by atoms with E-state index in [2.05, 4.69) is 0 Å². The lowest BCUT2D eigenvalue weighted by molar-refractivity contribution is -0.125. The summed E-state index contributed by atoms with van der Waals surface area (Å²) in [6.07, 6.45) is 3.52. The number of aliphatic hydroxyl groups is 1. The minimum absolute atomic E-state index is 0.0346. The molecule has 142 valence electrons. The van der Waals surface area contributed by atoms with Crippen LogP contribution in [0.1, 0.15) is 49.3 Å². The summed E-state index contributed by atoms with van der Waals surface area (Å²) in [6.45, 7) is 0.0346. The van der Waals surface area contributed by atoms with Crippen LogP contribution in [0.15, 0.2) is 48.5 Å². The van der Waals surface area contributed by atoms with Gasteiger partial charge in [0.15, 0.2) is 0 Å². The van der Waals surface area contributed by atoms with Crippen LogP contribution in [0.4, 0.5) is 10.1 Å². The molecule has 27 heavy (non-hydrogen) atoms. The lowest BCUT2D eigenvalue weighted by Crippen LogP contribution is -2.47. The van der Waals surface area contributed by atoms with Crippen LogP contribution in [0.2, 0.25) is 0 Å². The molecule has 1 aliphatic heterocycles. The van der Waals surface area contributed by atoms with Gasteiger partial charge in [-0.05, 0) is 42.2 Å². The molecule has 3 N–H and O–H groups in total. The van der Waals surface area contributed by atoms with Gasteiger partial charge in [-0.15, -0.1) is 0 Å². The largest absolute Gasteiger partial charge is 0.389 e. The summed E-state index contributed by atoms with van der Waals surface area (Å²) in [5.74, 6) is -0.367. The quantitative estimate of drug-likeness (QED) is 0.869. The zero-order valence-corrected chi connectivity index (χ0v) is 15.3. The van der Waals surface area contributed by atoms with Crippen molar-refractivity contribution in [3.05, 3.63) is 65.5 Å². The van der Waals surface area contributed by atoms with E-state index < -0.39 is 17.6 Å². The SMILES string of the molecule is NC[C@@H](O)[C@H](c1ccccc1)N1C(=O)C2(CCCCC2)c2cc(F)ccc21. The Balaban J connectivity index is 1.88. The Kier molecular flexibility index (Phi) is 4.74. The molecular formula is C22H25FN2O2. The summed E-state index contributed by atoms with van der Waals surface area (Å²) in [7, 11) is 0. The van der Waals surface area contributed by atoms with E-state index in [4.69, 9.17) is 5.73 Å². The Labute approximate surface area is 158 Å². The van der Waals surface area contributed by atoms with Crippen molar-refractivity contribution in [2.24, 2.45) is 5.73 Å². The Morgan fingerprint density at radius 3 is 2.48 bits per heavy atom. The molecule has 2 atom stereocenters. The molecule has 0 bridgehead atoms. The van der Waals surface area contributed by atoms with Crippen LogP contribution in [0.3, 0.4) is 0 Å². The molecule has 4 rings (SSSR count). The fraction of sp³-hybridized carbons (Fsp3) is 0.409. The molecule has 1 fully saturated rings. The van der Waals surface area contributed by atoms with E-state index in [-0.39, 0.29) is 18.3 Å². The van der Waals surface area contributed by atoms with E-state index in [1.54, 1.807) is 11.0 Å². The van der Waals surface area contributed by atoms with Gasteiger partial charge in [0.25, 0.3) is 0 Å². The van der Waals surface area contributed by atoms with Gasteiger partial charge in [-0.2, -0.15) is 0 Å². The Morgan fingerprint density at radius 2 is 1.81 bits per heavy atom. The lowest BCUT2D eigenvalue weighted by Gasteiger charge is -2.36. The van der Waals surface area contributed by atoms with Gasteiger partial charge in [0.1, 0.15) is 5.82 Å². The molecule has 0 radical (unpaired) electrons. The van der Waals surface area contributed by atoms with Gasteiger partial charge in [-0.1, -0.05) is 49.6 Å². The summed E-state index contributed by atoms with van der Waals surface area (Å²) in [5.41, 5.74) is 7.39. The highest BCUT2D eigenvalue weighted by molar-refractivity contribution is 6.08. The van der Waals surface area contributed by atoms with Crippen LogP contribution in [-0.4, -0.2) is 23.7 Å². The van der Waals surface area contributed by atoms with Crippen molar-refractivity contribution in [1.82, 2.24) is 0 Å². The third-order valence-corrected chi connectivity index (χ3v) is 6.09. The zero-order chi connectivity index (χ0) is 19.0. The van der Waals surface area contributed by atoms with E-state index >= 15 is 0 Å². The van der Waals surface area contributed by atoms with Crippen LogP contribution in [0, 0.1) is 5.82 Å². The normalized spacial score (nSPS) is 20.6. The number of nitrogens with two attached hydrogens (primary N) is 1. The first-order valence-electron chi connectivity index (χ1n) is 9.65. The van der Waals surface area contributed by atoms with Gasteiger partial charge in [-0.3, -0.25) is 4.79 Å². The average Bonchev–Trinajstić information content (AvgIpc) is 2.92. The molecule has 1 spiro atoms. The molecule has 1 aliphatic carbocycles. The second-order valence-corrected chi connectivity index (χ2v) is 7.64. The van der Waals surface area contributed by atoms with Gasteiger partial charge < -0.3 is 15.7 Å². The van der Waals surface area contributed by atoms with Crippen LogP contribution in [-0.2, 0) is 10.2 Å². The van der Waals surface area contributed by atoms with Gasteiger partial charge in [0.05, 0.1) is 17.6 Å². The number of anilines is 1. The fourth-order valence-corrected chi connectivity index (χ4v) is 4.79. The standard InChI is InChI=1S/C22H25FN2O2/c23-16-9-10-18-17(13-16)22(11-5-2-6-12-22)21(27)25(18)20(19(26)14-24)15-7-3-1-4-8-15/h1,3-4,7-10,13,19-20,26H,2,5-6,11-12,14,24H2/t19-,20+/m1/s1. The first kappa shape index (κ1) is 18.1. The van der Waals surface area contributed by atoms with Gasteiger partial charge in [-0.25, -0.2) is 4.39 Å². The number of nitrogens with zero attached hydrogens (tertiary/aromatic N) is 1. The minimum Gasteiger partial charge on any atom is -0.389 e. The Hall–Kier alpha value is -2.24. The van der Waals surface area contributed by atoms with Crippen molar-refractivity contribution in [2.75, 3.05) is 11.4 Å². The number of carbonyl (C=O) groups is 1. The first-order valence-corrected chi connectivity index (χ1v) is 9.65. The number of hydrogen-bond acceptors (Lipinski definition) is 3. The summed E-state index contributed by atoms with van der Waals surface area (Å²) in [6, 6.07) is 13.4. The Bertz CT molecular complexity index is 833. The fourth-order valence-electron chi connectivity index (χ4n) is 4.79. The second kappa shape index (κ2) is 7.06. The molecule has 0 unspecified atom stereocenters. The zero-order valence-electron chi connectivity index (χ0n) is 15.3. The average molecular weight is 368 g/mol. The number of benzene rings is 2. The van der Waals surface area contributed by atoms with E-state index in [0.717, 1.165) is 43.2 Å². The predicted molar refractivity (Wildman–Crippen MR) is 103 cm³/mol. The summed E-state index contributed by atoms with van der Waals surface area (Å²) in [5, 5.41) is 10.7. The maximum Gasteiger partial charge on any atom is 0.238 e. The number of halogens is 1. The number of aliphatic hydroxyl groups excluding tert-OH is 1. The maximum absolute atomic E-state index is 14.1. The molecule has 2 aliphatic rings. The van der Waals surface area contributed by atoms with Crippen molar-refractivity contribution in [3.8, 4) is 0 Å². The molecule has 0 aromatic heterocycles. The van der Waals surface area contributed by atoms with Gasteiger partial charge in [0.2, 0.25) is 5.91 Å². The Morgan fingerprint density at radius 1 is 1.11 bits per heavy atom. The third kappa shape index (κ3) is 2.86. The van der Waals surface area contributed by atoms with E-state index in [9.17, 15) is 14.3 Å². The van der Waals surface area contributed by atoms with Crippen molar-refractivity contribution in [2.45, 2.75) is 49.7 Å². The smallest absolute Gasteiger partial charge is 0.238 e. The first-order chi connectivity index (χ1) is 13.1. The molecule has 2 aromatic carbocycles. The summed E-state index contributed by atoms with van der Waals surface area (Å²) < 4.78 is 14.1. The van der Waals surface area contributed by atoms with Crippen LogP contribution >= 0.6 is 0 Å². The number of hydrogen-bond donors (Lipinski definition) is 2. The van der Waals surface area contributed by atoms with Crippen molar-refractivity contribution >= 4 is 11.6 Å². The predicted octanol–water partition coefficient (Wildman–Crippen LogP) is 3.44. The molecule has 1 amide bonds. The highest BCUT2D eigenvalue weighted by Crippen LogP contribution is 2.52. The van der Waals surface area contributed by atoms with E-state index in [0.29, 0.717) is 5.69 Å². The van der Waals surface area contributed by atoms with Crippen LogP contribution < -0.4 is 10.6 Å². The number of rotatable bonds is 4. The minimum atomic E-state index is -0.909. The van der Waals surface area contributed by atoms with Crippen molar-refractivity contribution in [1.29, 1.82) is 0 Å². The highest BCUT2D eigenvalue weighted by atomic mass is 19.1. The summed E-state index contributed by atoms with van der Waals surface area (Å²) in [4.78, 5) is 15.4. The van der Waals surface area contributed by atoms with Crippen LogP contribution in [0.25, 0.3) is 0 Å². The third-order valence-electron chi connectivity index (χ3n) is 6.09. The van der Waals surface area contributed by atoms with E-state index in [1.807, 2.05) is 30.3 Å². The monoisotopic (exact) mass is 368 g/mol. The lowest BCUT2D eigenvalue weighted by atomic mass is 9.70. The molecule has 1 heterocycles. The number of amides is 1. The molecule has 1 saturated carbocycles. The number of fused-ring (bicyclic) bond motifs is 2. The molecule has 0 saturated heterocycles. The highest BCUT2D eigenvalue weighted by Gasteiger charge is 2.53. The topological polar surface area (TPSA) is 66.6 Å². The van der Waals surface area contributed by atoms with Crippen molar-refractivity contribution < 1.29 is 14.3 Å². The molecule has 4 nitrogen and oxygen atoms in total. The maximum atomic E-state index is 14.1. The molecule has 5 heteroatoms. The molecular weight excluding hydrogens is 343 g/mol. The second-order valence-electron chi connectivity index (χ2n) is 7.64. The van der Waals surface area contributed by atoms with E-state index in [1.165, 1.54) is 12.1 Å². The van der Waals surface area contributed by atoms with Gasteiger partial charge in [0, 0.05) is 12.2 Å². The number of carbonyl (C=O) groups excluding carboxylic acids is 1. The van der Waals surface area contributed by atoms with Gasteiger partial charge >= 0.3 is 0 Å². The van der Waals surface area contributed by atoms with Crippen molar-refractivity contribution in [3.63, 3.8) is 0 Å². The summed E-state index contributed by atoms with van der Waals surface area (Å²) >= 11 is 0. The molecule has 2 aromatic rings. The van der Waals surface area contributed by atoms with Crippen LogP contribution in [0.5, 0.6) is 0 Å².